The number of nitrogens with zero attached hydrogens (tertiary/aromatic N) is 4. The molecule has 0 fully saturated rings. The highest BCUT2D eigenvalue weighted by molar-refractivity contribution is 6.07. The summed E-state index contributed by atoms with van der Waals surface area (Å²) in [5, 5.41) is 9.72. The van der Waals surface area contributed by atoms with Crippen molar-refractivity contribution in [3.8, 4) is 11.3 Å². The molecule has 32 heavy (non-hydrogen) atoms. The van der Waals surface area contributed by atoms with E-state index in [1.54, 1.807) is 12.3 Å². The van der Waals surface area contributed by atoms with Crippen molar-refractivity contribution in [2.45, 2.75) is 26.2 Å². The third-order valence-electron chi connectivity index (χ3n) is 5.42. The van der Waals surface area contributed by atoms with Gasteiger partial charge in [0.25, 0.3) is 0 Å². The number of aromatic nitrogens is 2. The first kappa shape index (κ1) is 21.1. The number of carbonyl (C=O) groups excluding carboxylic acids is 2. The molecule has 4 rings (SSSR count). The van der Waals surface area contributed by atoms with Crippen LogP contribution in [-0.2, 0) is 11.2 Å². The predicted octanol–water partition coefficient (Wildman–Crippen LogP) is 5.22. The van der Waals surface area contributed by atoms with Gasteiger partial charge >= 0.3 is 0 Å². The van der Waals surface area contributed by atoms with Crippen LogP contribution in [0.25, 0.3) is 21.7 Å². The number of hydrogen-bond donors (Lipinski definition) is 3. The molecule has 3 aromatic rings. The molecule has 1 amide bonds. The number of aromatic amines is 1. The number of pyridine rings is 1. The summed E-state index contributed by atoms with van der Waals surface area (Å²) in [5.41, 5.74) is 13.2. The van der Waals surface area contributed by atoms with E-state index in [2.05, 4.69) is 30.6 Å². The molecule has 0 radical (unpaired) electrons. The highest BCUT2D eigenvalue weighted by atomic mass is 16.1. The van der Waals surface area contributed by atoms with E-state index < -0.39 is 0 Å². The first-order chi connectivity index (χ1) is 15.5. The van der Waals surface area contributed by atoms with Gasteiger partial charge in [0.05, 0.1) is 16.9 Å². The lowest BCUT2D eigenvalue weighted by Crippen LogP contribution is -2.20. The average molecular weight is 429 g/mol. The van der Waals surface area contributed by atoms with Gasteiger partial charge < -0.3 is 15.6 Å². The molecule has 1 aliphatic carbocycles. The Bertz CT molecular complexity index is 1200. The maximum absolute atomic E-state index is 13.2. The lowest BCUT2D eigenvalue weighted by molar-refractivity contribution is -0.114. The van der Waals surface area contributed by atoms with Crippen LogP contribution in [-0.4, -0.2) is 28.2 Å². The Labute approximate surface area is 184 Å². The van der Waals surface area contributed by atoms with Crippen molar-refractivity contribution in [2.24, 2.45) is 11.0 Å². The standard InChI is InChI=1S/C23H23N7O2/c1-14(31)27-20-13-16(8-9-25-20)22-23(28-17-5-3-2-4-6-17)21-18(29-22)11-15(12-19(21)32)7-10-26-30-24/h2-6,8-9,13,15,28-29H,7,10-12H2,1H3,(H,25,27,31). The Hall–Kier alpha value is -4.10. The first-order valence-electron chi connectivity index (χ1n) is 10.4. The fourth-order valence-electron chi connectivity index (χ4n) is 4.07. The van der Waals surface area contributed by atoms with Gasteiger partial charge in [0.1, 0.15) is 5.82 Å². The Kier molecular flexibility index (Phi) is 6.19. The predicted molar refractivity (Wildman–Crippen MR) is 123 cm³/mol. The summed E-state index contributed by atoms with van der Waals surface area (Å²) < 4.78 is 0. The van der Waals surface area contributed by atoms with Crippen LogP contribution in [0.5, 0.6) is 0 Å². The van der Waals surface area contributed by atoms with Crippen molar-refractivity contribution in [3.05, 3.63) is 70.4 Å². The van der Waals surface area contributed by atoms with Crippen molar-refractivity contribution in [1.82, 2.24) is 9.97 Å². The number of H-pyrrole nitrogens is 1. The summed E-state index contributed by atoms with van der Waals surface area (Å²) in [6.45, 7) is 1.80. The Morgan fingerprint density at radius 1 is 1.28 bits per heavy atom. The van der Waals surface area contributed by atoms with Gasteiger partial charge in [0.15, 0.2) is 5.78 Å². The molecular formula is C23H23N7O2. The Morgan fingerprint density at radius 2 is 2.09 bits per heavy atom. The fourth-order valence-corrected chi connectivity index (χ4v) is 4.07. The van der Waals surface area contributed by atoms with Gasteiger partial charge in [-0.05, 0) is 48.6 Å². The quantitative estimate of drug-likeness (QED) is 0.269. The van der Waals surface area contributed by atoms with Gasteiger partial charge in [0.2, 0.25) is 5.91 Å². The summed E-state index contributed by atoms with van der Waals surface area (Å²) in [4.78, 5) is 35.1. The molecule has 1 atom stereocenters. The molecule has 1 aromatic carbocycles. The number of rotatable bonds is 7. The molecule has 162 valence electrons. The molecule has 0 aliphatic heterocycles. The highest BCUT2D eigenvalue weighted by Crippen LogP contribution is 2.40. The SMILES string of the molecule is CC(=O)Nc1cc(-c2[nH]c3c(c2Nc2ccccc2)C(=O)CC(CCN=[N+]=[N-])C3)ccn1. The lowest BCUT2D eigenvalue weighted by Gasteiger charge is -2.21. The molecule has 0 saturated carbocycles. The number of benzene rings is 1. The van der Waals surface area contributed by atoms with E-state index in [1.165, 1.54) is 6.92 Å². The highest BCUT2D eigenvalue weighted by Gasteiger charge is 2.31. The molecule has 0 saturated heterocycles. The molecule has 9 nitrogen and oxygen atoms in total. The molecule has 9 heteroatoms. The zero-order chi connectivity index (χ0) is 22.5. The van der Waals surface area contributed by atoms with E-state index in [4.69, 9.17) is 5.53 Å². The summed E-state index contributed by atoms with van der Waals surface area (Å²) in [6, 6.07) is 13.3. The van der Waals surface area contributed by atoms with E-state index >= 15 is 0 Å². The number of ketones is 1. The van der Waals surface area contributed by atoms with Gasteiger partial charge in [-0.2, -0.15) is 0 Å². The van der Waals surface area contributed by atoms with Gasteiger partial charge in [-0.1, -0.05) is 23.3 Å². The zero-order valence-electron chi connectivity index (χ0n) is 17.6. The van der Waals surface area contributed by atoms with E-state index in [9.17, 15) is 9.59 Å². The van der Waals surface area contributed by atoms with Crippen LogP contribution in [0.1, 0.15) is 35.8 Å². The first-order valence-corrected chi connectivity index (χ1v) is 10.4. The number of para-hydroxylation sites is 1. The van der Waals surface area contributed by atoms with Crippen LogP contribution in [0.4, 0.5) is 17.2 Å². The van der Waals surface area contributed by atoms with Gasteiger partial charge in [-0.3, -0.25) is 9.59 Å². The number of hydrogen-bond acceptors (Lipinski definition) is 5. The summed E-state index contributed by atoms with van der Waals surface area (Å²) in [5.74, 6) is 0.395. The topological polar surface area (TPSA) is 136 Å². The minimum absolute atomic E-state index is 0.0502. The van der Waals surface area contributed by atoms with Crippen LogP contribution in [0.3, 0.4) is 0 Å². The second-order valence-electron chi connectivity index (χ2n) is 7.77. The normalized spacial score (nSPS) is 14.9. The third-order valence-corrected chi connectivity index (χ3v) is 5.42. The lowest BCUT2D eigenvalue weighted by atomic mass is 9.84. The van der Waals surface area contributed by atoms with Crippen molar-refractivity contribution >= 4 is 28.9 Å². The van der Waals surface area contributed by atoms with Crippen LogP contribution >= 0.6 is 0 Å². The number of nitrogens with one attached hydrogen (secondary N) is 3. The number of anilines is 3. The van der Waals surface area contributed by atoms with Crippen molar-refractivity contribution in [3.63, 3.8) is 0 Å². The minimum Gasteiger partial charge on any atom is -0.356 e. The average Bonchev–Trinajstić information content (AvgIpc) is 3.13. The molecule has 0 spiro atoms. The second-order valence-corrected chi connectivity index (χ2v) is 7.77. The zero-order valence-corrected chi connectivity index (χ0v) is 17.6. The minimum atomic E-state index is -0.207. The van der Waals surface area contributed by atoms with E-state index in [0.29, 0.717) is 42.9 Å². The molecule has 2 heterocycles. The van der Waals surface area contributed by atoms with Crippen LogP contribution in [0, 0.1) is 5.92 Å². The molecule has 1 aliphatic rings. The second kappa shape index (κ2) is 9.36. The monoisotopic (exact) mass is 429 g/mol. The number of fused-ring (bicyclic) bond motifs is 1. The molecule has 2 aromatic heterocycles. The molecule has 0 bridgehead atoms. The third kappa shape index (κ3) is 4.63. The van der Waals surface area contributed by atoms with Crippen molar-refractivity contribution < 1.29 is 9.59 Å². The maximum Gasteiger partial charge on any atom is 0.222 e. The van der Waals surface area contributed by atoms with Crippen LogP contribution in [0.2, 0.25) is 0 Å². The maximum atomic E-state index is 13.2. The fraction of sp³-hybridized carbons (Fsp3) is 0.261. The smallest absolute Gasteiger partial charge is 0.222 e. The van der Waals surface area contributed by atoms with Crippen molar-refractivity contribution in [1.29, 1.82) is 0 Å². The van der Waals surface area contributed by atoms with Crippen molar-refractivity contribution in [2.75, 3.05) is 17.2 Å². The van der Waals surface area contributed by atoms with Crippen LogP contribution in [0.15, 0.2) is 53.8 Å². The summed E-state index contributed by atoms with van der Waals surface area (Å²) in [7, 11) is 0. The molecule has 1 unspecified atom stereocenters. The van der Waals surface area contributed by atoms with Gasteiger partial charge in [-0.15, -0.1) is 0 Å². The largest absolute Gasteiger partial charge is 0.356 e. The number of azide groups is 1. The van der Waals surface area contributed by atoms with E-state index in [-0.39, 0.29) is 17.6 Å². The van der Waals surface area contributed by atoms with Gasteiger partial charge in [-0.25, -0.2) is 4.98 Å². The van der Waals surface area contributed by atoms with Crippen LogP contribution < -0.4 is 10.6 Å². The van der Waals surface area contributed by atoms with E-state index in [0.717, 1.165) is 22.6 Å². The summed E-state index contributed by atoms with van der Waals surface area (Å²) >= 11 is 0. The van der Waals surface area contributed by atoms with E-state index in [1.807, 2.05) is 36.4 Å². The number of amides is 1. The molecular weight excluding hydrogens is 406 g/mol. The Balaban J connectivity index is 1.76. The summed E-state index contributed by atoms with van der Waals surface area (Å²) in [6.07, 6.45) is 3.38. The number of Topliss-reactive ketones (excluding diaryl/α,β-unsaturated/α-hetero) is 1. The van der Waals surface area contributed by atoms with Gasteiger partial charge in [0, 0.05) is 47.9 Å². The Morgan fingerprint density at radius 3 is 2.84 bits per heavy atom. The number of carbonyl (C=O) groups is 2. The molecule has 3 N–H and O–H groups in total.